The van der Waals surface area contributed by atoms with Gasteiger partial charge in [-0.3, -0.25) is 0 Å². The van der Waals surface area contributed by atoms with Crippen molar-refractivity contribution in [3.05, 3.63) is 21.8 Å². The minimum absolute atomic E-state index is 0.155. The molecule has 0 aromatic rings. The van der Waals surface area contributed by atoms with E-state index in [1.807, 2.05) is 0 Å². The van der Waals surface area contributed by atoms with Crippen LogP contribution in [0.5, 0.6) is 0 Å². The van der Waals surface area contributed by atoms with Crippen LogP contribution in [0.4, 0.5) is 0 Å². The van der Waals surface area contributed by atoms with Crippen LogP contribution in [-0.4, -0.2) is 23.3 Å². The van der Waals surface area contributed by atoms with Crippen molar-refractivity contribution in [2.45, 2.75) is 23.0 Å². The highest BCUT2D eigenvalue weighted by atomic mass is 127. The van der Waals surface area contributed by atoms with Gasteiger partial charge in [0.25, 0.3) is 0 Å². The zero-order valence-electron chi connectivity index (χ0n) is 9.36. The van der Waals surface area contributed by atoms with Crippen molar-refractivity contribution in [1.82, 2.24) is 0 Å². The Bertz CT molecular complexity index is 427. The SMILES string of the molecule is Br[C@]12CC(I)=CC3(OCCO3)[C@H]1[C@H]1C=C[C@@H]2C1. The molecule has 0 aromatic heterocycles. The average Bonchev–Trinajstić information content (AvgIpc) is 2.91. The van der Waals surface area contributed by atoms with Gasteiger partial charge in [-0.05, 0) is 56.9 Å². The molecule has 2 bridgehead atoms. The Kier molecular flexibility index (Phi) is 2.41. The molecule has 3 aliphatic carbocycles. The van der Waals surface area contributed by atoms with Gasteiger partial charge in [-0.1, -0.05) is 28.1 Å². The summed E-state index contributed by atoms with van der Waals surface area (Å²) in [7, 11) is 0. The highest BCUT2D eigenvalue weighted by Gasteiger charge is 2.65. The van der Waals surface area contributed by atoms with Crippen molar-refractivity contribution in [2.24, 2.45) is 17.8 Å². The molecular weight excluding hydrogens is 395 g/mol. The maximum absolute atomic E-state index is 6.02. The molecule has 4 aliphatic rings. The van der Waals surface area contributed by atoms with E-state index in [0.29, 0.717) is 17.8 Å². The van der Waals surface area contributed by atoms with Gasteiger partial charge < -0.3 is 9.47 Å². The summed E-state index contributed by atoms with van der Waals surface area (Å²) in [4.78, 5) is 0. The molecule has 1 saturated heterocycles. The Hall–Kier alpha value is 0.610. The monoisotopic (exact) mass is 408 g/mol. The van der Waals surface area contributed by atoms with Gasteiger partial charge >= 0.3 is 0 Å². The number of ether oxygens (including phenoxy) is 2. The fourth-order valence-corrected chi connectivity index (χ4v) is 7.01. The molecular formula is C13H14BrIO2. The minimum Gasteiger partial charge on any atom is -0.344 e. The van der Waals surface area contributed by atoms with E-state index >= 15 is 0 Å². The normalized spacial score (nSPS) is 49.8. The predicted molar refractivity (Wildman–Crippen MR) is 77.2 cm³/mol. The third-order valence-corrected chi connectivity index (χ3v) is 6.70. The summed E-state index contributed by atoms with van der Waals surface area (Å²) in [5.74, 6) is 1.23. The molecule has 1 saturated carbocycles. The quantitative estimate of drug-likeness (QED) is 0.347. The largest absolute Gasteiger partial charge is 0.344 e. The van der Waals surface area contributed by atoms with Crippen LogP contribution in [0, 0.1) is 17.8 Å². The van der Waals surface area contributed by atoms with Gasteiger partial charge in [0.15, 0.2) is 5.79 Å². The van der Waals surface area contributed by atoms with Crippen LogP contribution in [0.25, 0.3) is 0 Å². The standard InChI is InChI=1S/C13H14BrIO2/c14-12-6-10(15)7-13(16-3-4-17-13)11(12)8-1-2-9(12)5-8/h1-2,7-9,11H,3-6H2/t8-,9+,11-,12-/m0/s1. The average molecular weight is 409 g/mol. The Morgan fingerprint density at radius 2 is 2.06 bits per heavy atom. The molecule has 4 rings (SSSR count). The maximum Gasteiger partial charge on any atom is 0.193 e. The zero-order valence-corrected chi connectivity index (χ0v) is 13.1. The molecule has 2 nitrogen and oxygen atoms in total. The number of rotatable bonds is 0. The molecule has 0 radical (unpaired) electrons. The van der Waals surface area contributed by atoms with E-state index in [4.69, 9.17) is 9.47 Å². The number of alkyl halides is 1. The van der Waals surface area contributed by atoms with Crippen molar-refractivity contribution in [3.63, 3.8) is 0 Å². The molecule has 4 atom stereocenters. The first-order valence-corrected chi connectivity index (χ1v) is 8.04. The number of allylic oxidation sites excluding steroid dienone is 3. The van der Waals surface area contributed by atoms with Gasteiger partial charge in [0, 0.05) is 10.2 Å². The topological polar surface area (TPSA) is 18.5 Å². The highest BCUT2D eigenvalue weighted by Crippen LogP contribution is 2.65. The molecule has 0 aromatic carbocycles. The third kappa shape index (κ3) is 1.38. The summed E-state index contributed by atoms with van der Waals surface area (Å²) in [6.07, 6.45) is 9.33. The minimum atomic E-state index is -0.456. The molecule has 4 heteroatoms. The first-order chi connectivity index (χ1) is 8.14. The van der Waals surface area contributed by atoms with Crippen LogP contribution in [0.3, 0.4) is 0 Å². The molecule has 0 N–H and O–H groups in total. The van der Waals surface area contributed by atoms with Crippen molar-refractivity contribution in [2.75, 3.05) is 13.2 Å². The van der Waals surface area contributed by atoms with E-state index in [-0.39, 0.29) is 4.32 Å². The second-order valence-electron chi connectivity index (χ2n) is 5.48. The summed E-state index contributed by atoms with van der Waals surface area (Å²) in [5, 5.41) is 0. The second-order valence-corrected chi connectivity index (χ2v) is 8.34. The summed E-state index contributed by atoms with van der Waals surface area (Å²) >= 11 is 6.48. The van der Waals surface area contributed by atoms with Crippen molar-refractivity contribution < 1.29 is 9.47 Å². The number of hydrogen-bond donors (Lipinski definition) is 0. The molecule has 2 fully saturated rings. The summed E-state index contributed by atoms with van der Waals surface area (Å²) in [6.45, 7) is 1.45. The van der Waals surface area contributed by atoms with Gasteiger partial charge in [-0.25, -0.2) is 0 Å². The van der Waals surface area contributed by atoms with Crippen molar-refractivity contribution in [3.8, 4) is 0 Å². The third-order valence-electron chi connectivity index (χ3n) is 4.65. The van der Waals surface area contributed by atoms with Crippen LogP contribution in [0.15, 0.2) is 21.8 Å². The lowest BCUT2D eigenvalue weighted by atomic mass is 9.72. The Balaban J connectivity index is 1.86. The summed E-state index contributed by atoms with van der Waals surface area (Å²) in [6, 6.07) is 0. The van der Waals surface area contributed by atoms with Gasteiger partial charge in [0.1, 0.15) is 0 Å². The molecule has 1 heterocycles. The zero-order chi connectivity index (χ0) is 11.7. The number of hydrogen-bond acceptors (Lipinski definition) is 2. The van der Waals surface area contributed by atoms with E-state index in [2.05, 4.69) is 56.7 Å². The van der Waals surface area contributed by atoms with Crippen LogP contribution in [0.1, 0.15) is 12.8 Å². The Morgan fingerprint density at radius 1 is 1.29 bits per heavy atom. The highest BCUT2D eigenvalue weighted by molar-refractivity contribution is 14.1. The van der Waals surface area contributed by atoms with E-state index in [1.54, 1.807) is 0 Å². The smallest absolute Gasteiger partial charge is 0.193 e. The molecule has 17 heavy (non-hydrogen) atoms. The van der Waals surface area contributed by atoms with Crippen molar-refractivity contribution in [1.29, 1.82) is 0 Å². The van der Waals surface area contributed by atoms with E-state index in [9.17, 15) is 0 Å². The second kappa shape index (κ2) is 3.58. The summed E-state index contributed by atoms with van der Waals surface area (Å²) < 4.78 is 13.5. The lowest BCUT2D eigenvalue weighted by Gasteiger charge is -2.48. The molecule has 0 unspecified atom stereocenters. The van der Waals surface area contributed by atoms with Crippen LogP contribution >= 0.6 is 38.5 Å². The van der Waals surface area contributed by atoms with Gasteiger partial charge in [-0.2, -0.15) is 0 Å². The molecule has 92 valence electrons. The lowest BCUT2D eigenvalue weighted by molar-refractivity contribution is -0.172. The number of halogens is 2. The van der Waals surface area contributed by atoms with Crippen LogP contribution in [-0.2, 0) is 9.47 Å². The van der Waals surface area contributed by atoms with Crippen LogP contribution < -0.4 is 0 Å². The van der Waals surface area contributed by atoms with E-state index < -0.39 is 5.79 Å². The van der Waals surface area contributed by atoms with Gasteiger partial charge in [0.05, 0.1) is 13.2 Å². The molecule has 1 aliphatic heterocycles. The fraction of sp³-hybridized carbons (Fsp3) is 0.692. The molecule has 0 amide bonds. The predicted octanol–water partition coefficient (Wildman–Crippen LogP) is 3.41. The van der Waals surface area contributed by atoms with Gasteiger partial charge in [-0.15, -0.1) is 0 Å². The van der Waals surface area contributed by atoms with E-state index in [0.717, 1.165) is 19.6 Å². The Morgan fingerprint density at radius 3 is 2.82 bits per heavy atom. The van der Waals surface area contributed by atoms with E-state index in [1.165, 1.54) is 10.0 Å². The summed E-state index contributed by atoms with van der Waals surface area (Å²) in [5.41, 5.74) is 0. The number of fused-ring (bicyclic) bond motifs is 6. The molecule has 1 spiro atoms. The van der Waals surface area contributed by atoms with Gasteiger partial charge in [0.2, 0.25) is 0 Å². The maximum atomic E-state index is 6.02. The Labute approximate surface area is 123 Å². The fourth-order valence-electron chi connectivity index (χ4n) is 4.12. The first-order valence-electron chi connectivity index (χ1n) is 6.16. The van der Waals surface area contributed by atoms with Crippen molar-refractivity contribution >= 4 is 38.5 Å². The van der Waals surface area contributed by atoms with Crippen LogP contribution in [0.2, 0.25) is 0 Å². The lowest BCUT2D eigenvalue weighted by Crippen LogP contribution is -2.53. The first kappa shape index (κ1) is 11.4.